The molecule has 0 atom stereocenters. The van der Waals surface area contributed by atoms with Crippen LogP contribution in [0.5, 0.6) is 0 Å². The summed E-state index contributed by atoms with van der Waals surface area (Å²) in [6, 6.07) is 1.79. The van der Waals surface area contributed by atoms with E-state index in [0.29, 0.717) is 18.0 Å². The van der Waals surface area contributed by atoms with Crippen molar-refractivity contribution in [1.82, 2.24) is 29.9 Å². The predicted molar refractivity (Wildman–Crippen MR) is 72.2 cm³/mol. The maximum absolute atomic E-state index is 12.1. The number of hydrogen-bond acceptors (Lipinski definition) is 4. The van der Waals surface area contributed by atoms with Crippen LogP contribution < -0.4 is 5.32 Å². The lowest BCUT2D eigenvalue weighted by atomic mass is 10.2. The van der Waals surface area contributed by atoms with E-state index in [1.807, 2.05) is 13.8 Å². The molecular weight excluding hydrogens is 256 g/mol. The van der Waals surface area contributed by atoms with Crippen LogP contribution in [0.2, 0.25) is 0 Å². The molecule has 7 nitrogen and oxygen atoms in total. The molecule has 0 spiro atoms. The lowest BCUT2D eigenvalue weighted by Gasteiger charge is -2.03. The Morgan fingerprint density at radius 3 is 3.00 bits per heavy atom. The van der Waals surface area contributed by atoms with Crippen molar-refractivity contribution in [2.45, 2.75) is 20.4 Å². The number of amides is 1. The van der Waals surface area contributed by atoms with Gasteiger partial charge in [0.25, 0.3) is 5.91 Å². The summed E-state index contributed by atoms with van der Waals surface area (Å²) in [6.45, 7) is 4.25. The summed E-state index contributed by atoms with van der Waals surface area (Å²) in [5, 5.41) is 9.83. The van der Waals surface area contributed by atoms with Gasteiger partial charge in [-0.1, -0.05) is 0 Å². The summed E-state index contributed by atoms with van der Waals surface area (Å²) in [5.74, 6) is 0.281. The molecule has 0 unspecified atom stereocenters. The van der Waals surface area contributed by atoms with Crippen molar-refractivity contribution in [2.24, 2.45) is 0 Å². The third kappa shape index (κ3) is 2.13. The zero-order chi connectivity index (χ0) is 14.1. The average molecular weight is 270 g/mol. The van der Waals surface area contributed by atoms with Gasteiger partial charge >= 0.3 is 0 Å². The fourth-order valence-electron chi connectivity index (χ4n) is 2.03. The highest BCUT2D eigenvalue weighted by atomic mass is 16.1. The van der Waals surface area contributed by atoms with Gasteiger partial charge in [0.05, 0.1) is 5.69 Å². The molecule has 3 aromatic heterocycles. The SMILES string of the molecule is Cc1n[nH]c(C)c1CNC(=O)c1cn2cccnc2n1. The first-order valence-corrected chi connectivity index (χ1v) is 6.23. The highest BCUT2D eigenvalue weighted by molar-refractivity contribution is 5.92. The van der Waals surface area contributed by atoms with E-state index < -0.39 is 0 Å². The van der Waals surface area contributed by atoms with Gasteiger partial charge in [-0.2, -0.15) is 5.10 Å². The van der Waals surface area contributed by atoms with Crippen LogP contribution >= 0.6 is 0 Å². The molecule has 1 amide bonds. The Labute approximate surface area is 115 Å². The molecule has 0 saturated carbocycles. The second-order valence-corrected chi connectivity index (χ2v) is 4.55. The summed E-state index contributed by atoms with van der Waals surface area (Å²) < 4.78 is 1.71. The summed E-state index contributed by atoms with van der Waals surface area (Å²) in [6.07, 6.45) is 5.10. The van der Waals surface area contributed by atoms with Gasteiger partial charge < -0.3 is 5.32 Å². The highest BCUT2D eigenvalue weighted by Crippen LogP contribution is 2.09. The zero-order valence-electron chi connectivity index (χ0n) is 11.2. The van der Waals surface area contributed by atoms with Gasteiger partial charge in [0.15, 0.2) is 0 Å². The Hall–Kier alpha value is -2.70. The summed E-state index contributed by atoms with van der Waals surface area (Å²) in [7, 11) is 0. The van der Waals surface area contributed by atoms with Crippen LogP contribution in [-0.4, -0.2) is 30.5 Å². The molecule has 3 aromatic rings. The van der Waals surface area contributed by atoms with Gasteiger partial charge in [0.2, 0.25) is 5.78 Å². The Bertz CT molecular complexity index is 720. The molecule has 0 fully saturated rings. The highest BCUT2D eigenvalue weighted by Gasteiger charge is 2.13. The number of nitrogens with zero attached hydrogens (tertiary/aromatic N) is 4. The smallest absolute Gasteiger partial charge is 0.271 e. The molecule has 20 heavy (non-hydrogen) atoms. The van der Waals surface area contributed by atoms with Crippen LogP contribution in [0.15, 0.2) is 24.7 Å². The Morgan fingerprint density at radius 2 is 2.30 bits per heavy atom. The number of aromatic amines is 1. The topological polar surface area (TPSA) is 88.0 Å². The molecular formula is C13H14N6O. The molecule has 0 radical (unpaired) electrons. The Kier molecular flexibility index (Phi) is 2.94. The van der Waals surface area contributed by atoms with E-state index in [0.717, 1.165) is 17.0 Å². The molecule has 0 aromatic carbocycles. The zero-order valence-corrected chi connectivity index (χ0v) is 11.2. The molecule has 0 aliphatic carbocycles. The van der Waals surface area contributed by atoms with E-state index in [1.165, 1.54) is 0 Å². The monoisotopic (exact) mass is 270 g/mol. The fraction of sp³-hybridized carbons (Fsp3) is 0.231. The second-order valence-electron chi connectivity index (χ2n) is 4.55. The number of H-pyrrole nitrogens is 1. The molecule has 0 saturated heterocycles. The molecule has 7 heteroatoms. The van der Waals surface area contributed by atoms with Crippen molar-refractivity contribution >= 4 is 11.7 Å². The summed E-state index contributed by atoms with van der Waals surface area (Å²) in [5.41, 5.74) is 3.20. The van der Waals surface area contributed by atoms with Crippen LogP contribution in [0.4, 0.5) is 0 Å². The van der Waals surface area contributed by atoms with Crippen LogP contribution in [0, 0.1) is 13.8 Å². The minimum absolute atomic E-state index is 0.226. The van der Waals surface area contributed by atoms with Crippen LogP contribution in [0.3, 0.4) is 0 Å². The van der Waals surface area contributed by atoms with Gasteiger partial charge in [-0.05, 0) is 19.9 Å². The van der Waals surface area contributed by atoms with Crippen molar-refractivity contribution in [3.05, 3.63) is 47.3 Å². The maximum atomic E-state index is 12.1. The van der Waals surface area contributed by atoms with Crippen molar-refractivity contribution in [1.29, 1.82) is 0 Å². The van der Waals surface area contributed by atoms with E-state index in [4.69, 9.17) is 0 Å². The number of aryl methyl sites for hydroxylation is 2. The van der Waals surface area contributed by atoms with Gasteiger partial charge in [-0.25, -0.2) is 9.97 Å². The number of carbonyl (C=O) groups excluding carboxylic acids is 1. The Balaban J connectivity index is 1.76. The average Bonchev–Trinajstić information content (AvgIpc) is 3.01. The maximum Gasteiger partial charge on any atom is 0.271 e. The number of aromatic nitrogens is 5. The standard InChI is InChI=1S/C13H14N6O/c1-8-10(9(2)18-17-8)6-15-12(20)11-7-19-5-3-4-14-13(19)16-11/h3-5,7H,6H2,1-2H3,(H,15,20)(H,17,18). The number of hydrogen-bond donors (Lipinski definition) is 2. The molecule has 0 aliphatic rings. The van der Waals surface area contributed by atoms with E-state index in [-0.39, 0.29) is 5.91 Å². The van der Waals surface area contributed by atoms with Gasteiger partial charge in [-0.3, -0.25) is 14.3 Å². The Morgan fingerprint density at radius 1 is 1.45 bits per heavy atom. The minimum Gasteiger partial charge on any atom is -0.346 e. The van der Waals surface area contributed by atoms with Crippen molar-refractivity contribution in [3.63, 3.8) is 0 Å². The van der Waals surface area contributed by atoms with Gasteiger partial charge in [0, 0.05) is 36.4 Å². The minimum atomic E-state index is -0.226. The van der Waals surface area contributed by atoms with E-state index in [1.54, 1.807) is 29.1 Å². The number of rotatable bonds is 3. The lowest BCUT2D eigenvalue weighted by molar-refractivity contribution is 0.0946. The van der Waals surface area contributed by atoms with E-state index in [2.05, 4.69) is 25.5 Å². The fourth-order valence-corrected chi connectivity index (χ4v) is 2.03. The van der Waals surface area contributed by atoms with Crippen molar-refractivity contribution < 1.29 is 4.79 Å². The third-order valence-electron chi connectivity index (χ3n) is 3.17. The molecule has 3 heterocycles. The first kappa shape index (κ1) is 12.3. The van der Waals surface area contributed by atoms with Gasteiger partial charge in [0.1, 0.15) is 5.69 Å². The number of carbonyl (C=O) groups is 1. The molecule has 0 bridgehead atoms. The molecule has 2 N–H and O–H groups in total. The molecule has 102 valence electrons. The van der Waals surface area contributed by atoms with Crippen molar-refractivity contribution in [3.8, 4) is 0 Å². The first-order valence-electron chi connectivity index (χ1n) is 6.23. The number of nitrogens with one attached hydrogen (secondary N) is 2. The lowest BCUT2D eigenvalue weighted by Crippen LogP contribution is -2.23. The summed E-state index contributed by atoms with van der Waals surface area (Å²) >= 11 is 0. The van der Waals surface area contributed by atoms with E-state index >= 15 is 0 Å². The summed E-state index contributed by atoms with van der Waals surface area (Å²) in [4.78, 5) is 20.3. The number of imidazole rings is 1. The van der Waals surface area contributed by atoms with Crippen LogP contribution in [0.25, 0.3) is 5.78 Å². The quantitative estimate of drug-likeness (QED) is 0.743. The van der Waals surface area contributed by atoms with Crippen LogP contribution in [0.1, 0.15) is 27.4 Å². The largest absolute Gasteiger partial charge is 0.346 e. The van der Waals surface area contributed by atoms with Crippen LogP contribution in [-0.2, 0) is 6.54 Å². The predicted octanol–water partition coefficient (Wildman–Crippen LogP) is 0.999. The first-order chi connectivity index (χ1) is 9.65. The number of fused-ring (bicyclic) bond motifs is 1. The second kappa shape index (κ2) is 4.76. The van der Waals surface area contributed by atoms with Gasteiger partial charge in [-0.15, -0.1) is 0 Å². The normalized spacial score (nSPS) is 10.9. The molecule has 0 aliphatic heterocycles. The molecule has 3 rings (SSSR count). The van der Waals surface area contributed by atoms with E-state index in [9.17, 15) is 4.79 Å². The van der Waals surface area contributed by atoms with Crippen molar-refractivity contribution in [2.75, 3.05) is 0 Å². The third-order valence-corrected chi connectivity index (χ3v) is 3.17.